The van der Waals surface area contributed by atoms with Crippen molar-refractivity contribution in [2.24, 2.45) is 17.9 Å². The van der Waals surface area contributed by atoms with Crippen LogP contribution in [0.2, 0.25) is 0 Å². The summed E-state index contributed by atoms with van der Waals surface area (Å²) in [4.78, 5) is 11.4. The van der Waals surface area contributed by atoms with Gasteiger partial charge in [-0.15, -0.1) is 0 Å². The molecule has 7 nitrogen and oxygen atoms in total. The zero-order valence-electron chi connectivity index (χ0n) is 9.97. The van der Waals surface area contributed by atoms with Gasteiger partial charge in [-0.1, -0.05) is 12.1 Å². The molecule has 0 atom stereocenters. The minimum Gasteiger partial charge on any atom is -0.409 e. The molecule has 0 radical (unpaired) electrons. The molecule has 0 saturated carbocycles. The molecule has 1 aromatic rings. The van der Waals surface area contributed by atoms with Gasteiger partial charge in [0.25, 0.3) is 0 Å². The lowest BCUT2D eigenvalue weighted by Crippen LogP contribution is -2.28. The van der Waals surface area contributed by atoms with Crippen molar-refractivity contribution >= 4 is 11.7 Å². The number of oxime groups is 1. The quantitative estimate of drug-likeness (QED) is 0.285. The SMILES string of the molecule is CCc1nn(C)cc1CNC(=O)C/C(N)=N/O. The van der Waals surface area contributed by atoms with Crippen molar-refractivity contribution < 1.29 is 10.0 Å². The van der Waals surface area contributed by atoms with E-state index in [-0.39, 0.29) is 18.2 Å². The van der Waals surface area contributed by atoms with Crippen LogP contribution in [0, 0.1) is 0 Å². The maximum absolute atomic E-state index is 11.4. The van der Waals surface area contributed by atoms with Crippen LogP contribution in [0.15, 0.2) is 11.4 Å². The van der Waals surface area contributed by atoms with Crippen LogP contribution in [0.1, 0.15) is 24.6 Å². The molecule has 94 valence electrons. The summed E-state index contributed by atoms with van der Waals surface area (Å²) in [6, 6.07) is 0. The van der Waals surface area contributed by atoms with E-state index in [0.29, 0.717) is 6.54 Å². The van der Waals surface area contributed by atoms with Gasteiger partial charge >= 0.3 is 0 Å². The first kappa shape index (κ1) is 13.0. The van der Waals surface area contributed by atoms with Gasteiger partial charge in [-0.2, -0.15) is 5.10 Å². The normalized spacial score (nSPS) is 11.5. The van der Waals surface area contributed by atoms with E-state index < -0.39 is 0 Å². The van der Waals surface area contributed by atoms with Crippen LogP contribution in [-0.2, 0) is 24.8 Å². The summed E-state index contributed by atoms with van der Waals surface area (Å²) in [7, 11) is 1.83. The number of nitrogens with one attached hydrogen (secondary N) is 1. The van der Waals surface area contributed by atoms with Crippen molar-refractivity contribution in [3.8, 4) is 0 Å². The third kappa shape index (κ3) is 3.78. The molecule has 0 saturated heterocycles. The fourth-order valence-corrected chi connectivity index (χ4v) is 1.49. The predicted molar refractivity (Wildman–Crippen MR) is 62.5 cm³/mol. The molecular formula is C10H17N5O2. The van der Waals surface area contributed by atoms with Crippen LogP contribution in [0.4, 0.5) is 0 Å². The number of amidine groups is 1. The predicted octanol–water partition coefficient (Wildman–Crippen LogP) is -0.265. The number of nitrogens with zero attached hydrogens (tertiary/aromatic N) is 3. The van der Waals surface area contributed by atoms with Crippen molar-refractivity contribution in [1.29, 1.82) is 0 Å². The molecule has 0 aliphatic heterocycles. The Labute approximate surface area is 99.3 Å². The molecule has 1 rings (SSSR count). The summed E-state index contributed by atoms with van der Waals surface area (Å²) >= 11 is 0. The highest BCUT2D eigenvalue weighted by Crippen LogP contribution is 2.06. The number of aromatic nitrogens is 2. The van der Waals surface area contributed by atoms with Crippen molar-refractivity contribution in [1.82, 2.24) is 15.1 Å². The van der Waals surface area contributed by atoms with E-state index in [1.165, 1.54) is 0 Å². The van der Waals surface area contributed by atoms with Crippen LogP contribution < -0.4 is 11.1 Å². The molecule has 1 heterocycles. The summed E-state index contributed by atoms with van der Waals surface area (Å²) in [5, 5.41) is 18.0. The van der Waals surface area contributed by atoms with Crippen LogP contribution in [-0.4, -0.2) is 26.7 Å². The zero-order valence-corrected chi connectivity index (χ0v) is 9.97. The minimum absolute atomic E-state index is 0.107. The summed E-state index contributed by atoms with van der Waals surface area (Å²) in [6.45, 7) is 2.40. The van der Waals surface area contributed by atoms with Crippen LogP contribution in [0.25, 0.3) is 0 Å². The molecule has 0 bridgehead atoms. The number of nitrogens with two attached hydrogens (primary N) is 1. The first-order valence-corrected chi connectivity index (χ1v) is 5.31. The third-order valence-corrected chi connectivity index (χ3v) is 2.27. The fraction of sp³-hybridized carbons (Fsp3) is 0.500. The van der Waals surface area contributed by atoms with E-state index in [9.17, 15) is 4.79 Å². The van der Waals surface area contributed by atoms with E-state index in [4.69, 9.17) is 10.9 Å². The van der Waals surface area contributed by atoms with E-state index >= 15 is 0 Å². The number of rotatable bonds is 5. The summed E-state index contributed by atoms with van der Waals surface area (Å²) in [6.07, 6.45) is 2.56. The Kier molecular flexibility index (Phi) is 4.50. The van der Waals surface area contributed by atoms with Crippen LogP contribution in [0.3, 0.4) is 0 Å². The first-order valence-electron chi connectivity index (χ1n) is 5.31. The van der Waals surface area contributed by atoms with E-state index in [2.05, 4.69) is 15.6 Å². The number of carbonyl (C=O) groups is 1. The topological polar surface area (TPSA) is 106 Å². The summed E-state index contributed by atoms with van der Waals surface area (Å²) in [5.74, 6) is -0.393. The van der Waals surface area contributed by atoms with Gasteiger partial charge in [-0.25, -0.2) is 0 Å². The Morgan fingerprint density at radius 3 is 3.00 bits per heavy atom. The van der Waals surface area contributed by atoms with Gasteiger partial charge in [0.05, 0.1) is 12.1 Å². The lowest BCUT2D eigenvalue weighted by atomic mass is 10.2. The average molecular weight is 239 g/mol. The highest BCUT2D eigenvalue weighted by Gasteiger charge is 2.08. The van der Waals surface area contributed by atoms with Crippen LogP contribution in [0.5, 0.6) is 0 Å². The third-order valence-electron chi connectivity index (χ3n) is 2.27. The fourth-order valence-electron chi connectivity index (χ4n) is 1.49. The summed E-state index contributed by atoms with van der Waals surface area (Å²) in [5.41, 5.74) is 7.16. The average Bonchev–Trinajstić information content (AvgIpc) is 2.66. The molecule has 0 aliphatic carbocycles. The number of hydrogen-bond donors (Lipinski definition) is 3. The Balaban J connectivity index is 2.52. The highest BCUT2D eigenvalue weighted by molar-refractivity contribution is 5.98. The molecule has 0 aromatic carbocycles. The van der Waals surface area contributed by atoms with Gasteiger partial charge in [-0.05, 0) is 6.42 Å². The molecule has 0 spiro atoms. The second-order valence-electron chi connectivity index (χ2n) is 3.67. The molecule has 7 heteroatoms. The number of amides is 1. The molecule has 17 heavy (non-hydrogen) atoms. The smallest absolute Gasteiger partial charge is 0.227 e. The number of hydrogen-bond acceptors (Lipinski definition) is 4. The summed E-state index contributed by atoms with van der Waals surface area (Å²) < 4.78 is 1.71. The van der Waals surface area contributed by atoms with Crippen molar-refractivity contribution in [2.75, 3.05) is 0 Å². The van der Waals surface area contributed by atoms with Gasteiger partial charge in [0.15, 0.2) is 0 Å². The Hall–Kier alpha value is -2.05. The Bertz CT molecular complexity index is 424. The van der Waals surface area contributed by atoms with Gasteiger partial charge < -0.3 is 16.3 Å². The molecular weight excluding hydrogens is 222 g/mol. The van der Waals surface area contributed by atoms with Gasteiger partial charge in [0, 0.05) is 25.4 Å². The largest absolute Gasteiger partial charge is 0.409 e. The second kappa shape index (κ2) is 5.88. The molecule has 0 unspecified atom stereocenters. The lowest BCUT2D eigenvalue weighted by molar-refractivity contribution is -0.120. The molecule has 0 aliphatic rings. The van der Waals surface area contributed by atoms with Crippen molar-refractivity contribution in [2.45, 2.75) is 26.3 Å². The maximum Gasteiger partial charge on any atom is 0.227 e. The van der Waals surface area contributed by atoms with Gasteiger partial charge in [0.2, 0.25) is 5.91 Å². The standard InChI is InChI=1S/C10H17N5O2/c1-3-8-7(6-15(2)13-8)5-12-10(16)4-9(11)14-17/h6,17H,3-5H2,1-2H3,(H2,11,14)(H,12,16). The first-order chi connectivity index (χ1) is 8.06. The maximum atomic E-state index is 11.4. The van der Waals surface area contributed by atoms with Crippen molar-refractivity contribution in [3.05, 3.63) is 17.5 Å². The van der Waals surface area contributed by atoms with Crippen molar-refractivity contribution in [3.63, 3.8) is 0 Å². The molecule has 1 aromatic heterocycles. The van der Waals surface area contributed by atoms with E-state index in [1.54, 1.807) is 4.68 Å². The van der Waals surface area contributed by atoms with Crippen LogP contribution >= 0.6 is 0 Å². The number of carbonyl (C=O) groups excluding carboxylic acids is 1. The van der Waals surface area contributed by atoms with E-state index in [1.807, 2.05) is 20.2 Å². The van der Waals surface area contributed by atoms with Gasteiger partial charge in [-0.3, -0.25) is 9.48 Å². The molecule has 1 amide bonds. The Morgan fingerprint density at radius 2 is 2.41 bits per heavy atom. The zero-order chi connectivity index (χ0) is 12.8. The van der Waals surface area contributed by atoms with Gasteiger partial charge in [0.1, 0.15) is 5.84 Å². The second-order valence-corrected chi connectivity index (χ2v) is 3.67. The molecule has 4 N–H and O–H groups in total. The minimum atomic E-state index is -0.286. The van der Waals surface area contributed by atoms with E-state index in [0.717, 1.165) is 17.7 Å². The monoisotopic (exact) mass is 239 g/mol. The Morgan fingerprint density at radius 1 is 1.71 bits per heavy atom. The highest BCUT2D eigenvalue weighted by atomic mass is 16.4. The lowest BCUT2D eigenvalue weighted by Gasteiger charge is -2.03. The number of aryl methyl sites for hydroxylation is 2. The molecule has 0 fully saturated rings.